The summed E-state index contributed by atoms with van der Waals surface area (Å²) in [5.41, 5.74) is -0.324. The highest BCUT2D eigenvalue weighted by Crippen LogP contribution is 2.27. The van der Waals surface area contributed by atoms with Gasteiger partial charge >= 0.3 is 0 Å². The fourth-order valence-electron chi connectivity index (χ4n) is 1.38. The van der Waals surface area contributed by atoms with Gasteiger partial charge in [-0.15, -0.1) is 0 Å². The predicted molar refractivity (Wildman–Crippen MR) is 71.9 cm³/mol. The second kappa shape index (κ2) is 5.16. The normalized spacial score (nSPS) is 12.6. The maximum atomic E-state index is 10.0. The number of phenolic OH excluding ortho intramolecular Hbond substituents is 1. The number of hydrogen-bond acceptors (Lipinski definition) is 4. The highest BCUT2D eigenvalue weighted by atomic mass is 16.5. The van der Waals surface area contributed by atoms with E-state index >= 15 is 0 Å². The Morgan fingerprint density at radius 3 is 2.28 bits per heavy atom. The van der Waals surface area contributed by atoms with E-state index in [0.29, 0.717) is 12.3 Å². The second-order valence-corrected chi connectivity index (χ2v) is 5.54. The number of rotatable bonds is 5. The van der Waals surface area contributed by atoms with Gasteiger partial charge in [0, 0.05) is 12.1 Å². The van der Waals surface area contributed by atoms with Gasteiger partial charge in [0.25, 0.3) is 0 Å². The van der Waals surface area contributed by atoms with Crippen molar-refractivity contribution in [1.29, 1.82) is 0 Å². The minimum absolute atomic E-state index is 0.123. The van der Waals surface area contributed by atoms with Crippen LogP contribution in [0.2, 0.25) is 0 Å². The molecule has 0 amide bonds. The molecule has 0 saturated heterocycles. The summed E-state index contributed by atoms with van der Waals surface area (Å²) in [5, 5.41) is 23.0. The molecule has 0 aliphatic rings. The molecule has 0 heterocycles. The minimum atomic E-state index is -0.832. The number of nitrogens with one attached hydrogen (secondary N) is 1. The second-order valence-electron chi connectivity index (χ2n) is 5.54. The number of aliphatic hydroxyl groups is 1. The van der Waals surface area contributed by atoms with Gasteiger partial charge in [0.05, 0.1) is 12.7 Å². The third kappa shape index (κ3) is 3.37. The molecule has 3 N–H and O–H groups in total. The molecule has 18 heavy (non-hydrogen) atoms. The quantitative estimate of drug-likeness (QED) is 0.751. The van der Waals surface area contributed by atoms with Gasteiger partial charge in [-0.2, -0.15) is 0 Å². The van der Waals surface area contributed by atoms with Crippen molar-refractivity contribution < 1.29 is 14.9 Å². The zero-order valence-electron chi connectivity index (χ0n) is 11.7. The van der Waals surface area contributed by atoms with Gasteiger partial charge in [-0.25, -0.2) is 0 Å². The van der Waals surface area contributed by atoms with E-state index in [1.807, 2.05) is 19.9 Å². The van der Waals surface area contributed by atoms with Crippen LogP contribution in [-0.2, 0) is 6.54 Å². The van der Waals surface area contributed by atoms with Crippen LogP contribution >= 0.6 is 0 Å². The smallest absolute Gasteiger partial charge is 0.160 e. The van der Waals surface area contributed by atoms with E-state index in [-0.39, 0.29) is 5.75 Å². The summed E-state index contributed by atoms with van der Waals surface area (Å²) in [6, 6.07) is 5.27. The first-order valence-corrected chi connectivity index (χ1v) is 6.00. The first-order valence-electron chi connectivity index (χ1n) is 6.00. The molecule has 0 radical (unpaired) electrons. The Bertz CT molecular complexity index is 408. The molecule has 102 valence electrons. The highest BCUT2D eigenvalue weighted by molar-refractivity contribution is 5.41. The van der Waals surface area contributed by atoms with E-state index in [1.165, 1.54) is 7.11 Å². The lowest BCUT2D eigenvalue weighted by Gasteiger charge is -2.38. The molecule has 0 aliphatic heterocycles. The number of methoxy groups -OCH3 is 1. The van der Waals surface area contributed by atoms with Gasteiger partial charge in [0.15, 0.2) is 11.5 Å². The molecule has 0 aromatic heterocycles. The molecule has 0 bridgehead atoms. The van der Waals surface area contributed by atoms with Crippen LogP contribution in [0.15, 0.2) is 18.2 Å². The molecular weight excluding hydrogens is 230 g/mol. The van der Waals surface area contributed by atoms with Crippen molar-refractivity contribution in [2.45, 2.75) is 45.4 Å². The largest absolute Gasteiger partial charge is 0.504 e. The van der Waals surface area contributed by atoms with Crippen molar-refractivity contribution in [3.05, 3.63) is 23.8 Å². The number of benzene rings is 1. The first kappa shape index (κ1) is 14.8. The summed E-state index contributed by atoms with van der Waals surface area (Å²) in [6.07, 6.45) is 0. The van der Waals surface area contributed by atoms with Crippen LogP contribution in [0.5, 0.6) is 11.5 Å². The average molecular weight is 253 g/mol. The van der Waals surface area contributed by atoms with E-state index in [9.17, 15) is 10.2 Å². The zero-order valence-corrected chi connectivity index (χ0v) is 11.7. The van der Waals surface area contributed by atoms with E-state index in [2.05, 4.69) is 5.32 Å². The Morgan fingerprint density at radius 1 is 1.22 bits per heavy atom. The Balaban J connectivity index is 2.73. The van der Waals surface area contributed by atoms with Crippen LogP contribution in [0.1, 0.15) is 33.3 Å². The summed E-state index contributed by atoms with van der Waals surface area (Å²) in [5.74, 6) is 0.582. The summed E-state index contributed by atoms with van der Waals surface area (Å²) in [4.78, 5) is 0. The Morgan fingerprint density at radius 2 is 1.83 bits per heavy atom. The monoisotopic (exact) mass is 253 g/mol. The van der Waals surface area contributed by atoms with Crippen LogP contribution in [0, 0.1) is 0 Å². The van der Waals surface area contributed by atoms with E-state index in [0.717, 1.165) is 5.56 Å². The summed E-state index contributed by atoms with van der Waals surface area (Å²) in [6.45, 7) is 7.98. The molecule has 0 fully saturated rings. The SMILES string of the molecule is COc1ccc(CNC(C)(C)C(C)(C)O)cc1O. The molecule has 1 aromatic carbocycles. The zero-order chi connectivity index (χ0) is 14.0. The fourth-order valence-corrected chi connectivity index (χ4v) is 1.38. The number of ether oxygens (including phenoxy) is 1. The summed E-state index contributed by atoms with van der Waals surface area (Å²) in [7, 11) is 1.52. The maximum Gasteiger partial charge on any atom is 0.160 e. The molecular formula is C14H23NO3. The van der Waals surface area contributed by atoms with Crippen molar-refractivity contribution in [1.82, 2.24) is 5.32 Å². The van der Waals surface area contributed by atoms with E-state index in [1.54, 1.807) is 26.0 Å². The standard InChI is InChI=1S/C14H23NO3/c1-13(2,14(3,4)17)15-9-10-6-7-12(18-5)11(16)8-10/h6-8,15-17H,9H2,1-5H3. The first-order chi connectivity index (χ1) is 8.17. The lowest BCUT2D eigenvalue weighted by molar-refractivity contribution is -0.00532. The molecule has 4 nitrogen and oxygen atoms in total. The van der Waals surface area contributed by atoms with Gasteiger partial charge < -0.3 is 20.3 Å². The third-order valence-electron chi connectivity index (χ3n) is 3.51. The van der Waals surface area contributed by atoms with Gasteiger partial charge in [0.2, 0.25) is 0 Å². The van der Waals surface area contributed by atoms with Crippen molar-refractivity contribution in [2.75, 3.05) is 7.11 Å². The number of aromatic hydroxyl groups is 1. The van der Waals surface area contributed by atoms with Crippen LogP contribution < -0.4 is 10.1 Å². The molecule has 1 rings (SSSR count). The van der Waals surface area contributed by atoms with Crippen molar-refractivity contribution in [3.8, 4) is 11.5 Å². The predicted octanol–water partition coefficient (Wildman–Crippen LogP) is 2.04. The molecule has 0 atom stereocenters. The minimum Gasteiger partial charge on any atom is -0.504 e. The summed E-state index contributed by atoms with van der Waals surface area (Å²) < 4.78 is 4.99. The van der Waals surface area contributed by atoms with Crippen molar-refractivity contribution in [3.63, 3.8) is 0 Å². The van der Waals surface area contributed by atoms with Gasteiger partial charge in [0.1, 0.15) is 0 Å². The number of hydrogen-bond donors (Lipinski definition) is 3. The van der Waals surface area contributed by atoms with Crippen molar-refractivity contribution >= 4 is 0 Å². The summed E-state index contributed by atoms with van der Waals surface area (Å²) >= 11 is 0. The molecule has 1 aromatic rings. The highest BCUT2D eigenvalue weighted by Gasteiger charge is 2.34. The molecule has 0 unspecified atom stereocenters. The molecule has 0 spiro atoms. The average Bonchev–Trinajstić information content (AvgIpc) is 2.25. The molecule has 4 heteroatoms. The van der Waals surface area contributed by atoms with Crippen LogP contribution in [0.4, 0.5) is 0 Å². The molecule has 0 saturated carbocycles. The maximum absolute atomic E-state index is 10.0. The van der Waals surface area contributed by atoms with Crippen molar-refractivity contribution in [2.24, 2.45) is 0 Å². The topological polar surface area (TPSA) is 61.7 Å². The fraction of sp³-hybridized carbons (Fsp3) is 0.571. The lowest BCUT2D eigenvalue weighted by Crippen LogP contribution is -2.55. The van der Waals surface area contributed by atoms with Gasteiger partial charge in [-0.3, -0.25) is 0 Å². The Hall–Kier alpha value is -1.26. The third-order valence-corrected chi connectivity index (χ3v) is 3.51. The van der Waals surface area contributed by atoms with E-state index in [4.69, 9.17) is 4.74 Å². The van der Waals surface area contributed by atoms with Gasteiger partial charge in [-0.1, -0.05) is 6.07 Å². The van der Waals surface area contributed by atoms with Crippen LogP contribution in [0.3, 0.4) is 0 Å². The van der Waals surface area contributed by atoms with E-state index < -0.39 is 11.1 Å². The molecule has 0 aliphatic carbocycles. The Kier molecular flexibility index (Phi) is 4.24. The Labute approximate surface area is 109 Å². The number of phenols is 1. The lowest BCUT2D eigenvalue weighted by atomic mass is 9.86. The van der Waals surface area contributed by atoms with Gasteiger partial charge in [-0.05, 0) is 45.4 Å². The van der Waals surface area contributed by atoms with Crippen LogP contribution in [-0.4, -0.2) is 28.5 Å². The van der Waals surface area contributed by atoms with Crippen LogP contribution in [0.25, 0.3) is 0 Å².